The van der Waals surface area contributed by atoms with Gasteiger partial charge in [0.15, 0.2) is 0 Å². The molecule has 3 rings (SSSR count). The fraction of sp³-hybridized carbons (Fsp3) is 0.618. The van der Waals surface area contributed by atoms with Crippen LogP contribution in [0.1, 0.15) is 43.2 Å². The number of carbonyl (C=O) groups excluding carboxylic acids is 1. The standard InChI is InChI=1S/C34H51NO9/c1-2-3-8-14-37-16-18-39-20-22-41-24-26-43-27-25-42-23-21-40-19-17-38-15-13-35-34(36)44-28-33-31-11-6-4-9-29(31)30-10-5-7-12-32(30)33/h4-7,9-12,33H,2-3,8,13-28H2,1H3,(H,35,36). The highest BCUT2D eigenvalue weighted by Crippen LogP contribution is 2.44. The molecule has 0 spiro atoms. The molecule has 246 valence electrons. The third kappa shape index (κ3) is 14.5. The van der Waals surface area contributed by atoms with Crippen LogP contribution in [-0.4, -0.2) is 112 Å². The van der Waals surface area contributed by atoms with Crippen molar-refractivity contribution in [2.75, 3.05) is 106 Å². The maximum Gasteiger partial charge on any atom is 0.407 e. The number of rotatable bonds is 27. The van der Waals surface area contributed by atoms with Crippen LogP contribution in [0.25, 0.3) is 11.1 Å². The Morgan fingerprint density at radius 2 is 0.977 bits per heavy atom. The Morgan fingerprint density at radius 1 is 0.568 bits per heavy atom. The van der Waals surface area contributed by atoms with Gasteiger partial charge in [-0.25, -0.2) is 4.79 Å². The molecular weight excluding hydrogens is 566 g/mol. The number of hydrogen-bond donors (Lipinski definition) is 1. The van der Waals surface area contributed by atoms with Gasteiger partial charge in [-0.1, -0.05) is 68.3 Å². The van der Waals surface area contributed by atoms with Crippen molar-refractivity contribution >= 4 is 6.09 Å². The van der Waals surface area contributed by atoms with E-state index in [1.807, 2.05) is 24.3 Å². The normalized spacial score (nSPS) is 12.3. The number of benzene rings is 2. The van der Waals surface area contributed by atoms with E-state index in [9.17, 15) is 4.79 Å². The monoisotopic (exact) mass is 617 g/mol. The van der Waals surface area contributed by atoms with Crippen LogP contribution in [0.15, 0.2) is 48.5 Å². The van der Waals surface area contributed by atoms with Gasteiger partial charge in [0.05, 0.1) is 85.9 Å². The molecule has 0 unspecified atom stereocenters. The molecule has 0 saturated heterocycles. The van der Waals surface area contributed by atoms with E-state index in [-0.39, 0.29) is 5.92 Å². The van der Waals surface area contributed by atoms with Crippen molar-refractivity contribution in [2.45, 2.75) is 32.1 Å². The van der Waals surface area contributed by atoms with Crippen molar-refractivity contribution in [1.29, 1.82) is 0 Å². The molecule has 1 N–H and O–H groups in total. The van der Waals surface area contributed by atoms with E-state index < -0.39 is 6.09 Å². The van der Waals surface area contributed by atoms with Crippen LogP contribution in [0.3, 0.4) is 0 Å². The number of fused-ring (bicyclic) bond motifs is 3. The van der Waals surface area contributed by atoms with Crippen LogP contribution in [-0.2, 0) is 37.9 Å². The first kappa shape index (κ1) is 35.9. The van der Waals surface area contributed by atoms with E-state index in [1.165, 1.54) is 35.1 Å². The Balaban J connectivity index is 1.02. The summed E-state index contributed by atoms with van der Waals surface area (Å²) >= 11 is 0. The molecule has 44 heavy (non-hydrogen) atoms. The molecule has 0 fully saturated rings. The van der Waals surface area contributed by atoms with Gasteiger partial charge in [0.2, 0.25) is 0 Å². The number of carbonyl (C=O) groups is 1. The summed E-state index contributed by atoms with van der Waals surface area (Å²) in [6.45, 7) is 10.3. The van der Waals surface area contributed by atoms with Gasteiger partial charge in [0.1, 0.15) is 6.61 Å². The number of hydrogen-bond acceptors (Lipinski definition) is 9. The van der Waals surface area contributed by atoms with Gasteiger partial charge < -0.3 is 43.2 Å². The van der Waals surface area contributed by atoms with E-state index in [1.54, 1.807) is 0 Å². The lowest BCUT2D eigenvalue weighted by atomic mass is 9.98. The third-order valence-electron chi connectivity index (χ3n) is 6.98. The Kier molecular flexibility index (Phi) is 19.4. The van der Waals surface area contributed by atoms with Gasteiger partial charge in [0, 0.05) is 19.1 Å². The van der Waals surface area contributed by atoms with Crippen molar-refractivity contribution in [3.63, 3.8) is 0 Å². The van der Waals surface area contributed by atoms with E-state index in [4.69, 9.17) is 37.9 Å². The quantitative estimate of drug-likeness (QED) is 0.141. The van der Waals surface area contributed by atoms with Crippen LogP contribution in [0.2, 0.25) is 0 Å². The Morgan fingerprint density at radius 3 is 1.43 bits per heavy atom. The molecule has 1 amide bonds. The highest BCUT2D eigenvalue weighted by atomic mass is 16.6. The summed E-state index contributed by atoms with van der Waals surface area (Å²) in [4.78, 5) is 12.2. The van der Waals surface area contributed by atoms with Gasteiger partial charge in [-0.3, -0.25) is 0 Å². The SMILES string of the molecule is CCCCCOCCOCCOCCOCCOCCOCCOCCNC(=O)OCC1c2ccccc2-c2ccccc21. The number of amides is 1. The van der Waals surface area contributed by atoms with Gasteiger partial charge in [0.25, 0.3) is 0 Å². The zero-order valence-corrected chi connectivity index (χ0v) is 26.3. The second-order valence-corrected chi connectivity index (χ2v) is 10.2. The first-order chi connectivity index (χ1) is 21.8. The molecule has 10 nitrogen and oxygen atoms in total. The van der Waals surface area contributed by atoms with Crippen molar-refractivity contribution in [2.24, 2.45) is 0 Å². The Hall–Kier alpha value is -2.57. The molecular formula is C34H51NO9. The summed E-state index contributed by atoms with van der Waals surface area (Å²) in [5, 5.41) is 2.74. The molecule has 0 heterocycles. The van der Waals surface area contributed by atoms with Crippen LogP contribution >= 0.6 is 0 Å². The minimum Gasteiger partial charge on any atom is -0.449 e. The number of ether oxygens (including phenoxy) is 8. The van der Waals surface area contributed by atoms with E-state index in [0.29, 0.717) is 99.0 Å². The van der Waals surface area contributed by atoms with Crippen molar-refractivity contribution in [3.8, 4) is 11.1 Å². The summed E-state index contributed by atoms with van der Waals surface area (Å²) in [6, 6.07) is 16.5. The fourth-order valence-corrected chi connectivity index (χ4v) is 4.75. The second-order valence-electron chi connectivity index (χ2n) is 10.2. The summed E-state index contributed by atoms with van der Waals surface area (Å²) in [6.07, 6.45) is 3.09. The molecule has 1 aliphatic rings. The van der Waals surface area contributed by atoms with Gasteiger partial charge in [-0.05, 0) is 28.7 Å². The van der Waals surface area contributed by atoms with E-state index in [0.717, 1.165) is 13.0 Å². The van der Waals surface area contributed by atoms with Crippen molar-refractivity contribution in [1.82, 2.24) is 5.32 Å². The van der Waals surface area contributed by atoms with Gasteiger partial charge in [-0.15, -0.1) is 0 Å². The van der Waals surface area contributed by atoms with E-state index >= 15 is 0 Å². The number of unbranched alkanes of at least 4 members (excludes halogenated alkanes) is 2. The molecule has 2 aromatic rings. The molecule has 0 bridgehead atoms. The summed E-state index contributed by atoms with van der Waals surface area (Å²) in [5.41, 5.74) is 4.80. The number of nitrogens with one attached hydrogen (secondary N) is 1. The molecule has 0 aliphatic heterocycles. The maximum absolute atomic E-state index is 12.2. The fourth-order valence-electron chi connectivity index (χ4n) is 4.75. The first-order valence-electron chi connectivity index (χ1n) is 15.9. The molecule has 0 atom stereocenters. The average molecular weight is 618 g/mol. The second kappa shape index (κ2) is 23.8. The average Bonchev–Trinajstić information content (AvgIpc) is 3.37. The zero-order chi connectivity index (χ0) is 30.9. The molecule has 10 heteroatoms. The molecule has 0 aromatic heterocycles. The summed E-state index contributed by atoms with van der Waals surface area (Å²) in [7, 11) is 0. The largest absolute Gasteiger partial charge is 0.449 e. The smallest absolute Gasteiger partial charge is 0.407 e. The molecule has 0 saturated carbocycles. The van der Waals surface area contributed by atoms with Crippen LogP contribution in [0, 0.1) is 0 Å². The topological polar surface area (TPSA) is 103 Å². The molecule has 0 radical (unpaired) electrons. The minimum absolute atomic E-state index is 0.0458. The van der Waals surface area contributed by atoms with E-state index in [2.05, 4.69) is 36.5 Å². The highest BCUT2D eigenvalue weighted by Gasteiger charge is 2.28. The lowest BCUT2D eigenvalue weighted by Crippen LogP contribution is -2.29. The first-order valence-corrected chi connectivity index (χ1v) is 15.9. The Bertz CT molecular complexity index is 976. The van der Waals surface area contributed by atoms with Crippen LogP contribution in [0.5, 0.6) is 0 Å². The predicted molar refractivity (Wildman–Crippen MR) is 168 cm³/mol. The van der Waals surface area contributed by atoms with Gasteiger partial charge in [-0.2, -0.15) is 0 Å². The molecule has 2 aromatic carbocycles. The third-order valence-corrected chi connectivity index (χ3v) is 6.98. The lowest BCUT2D eigenvalue weighted by molar-refractivity contribution is -0.0204. The zero-order valence-electron chi connectivity index (χ0n) is 26.3. The van der Waals surface area contributed by atoms with Crippen molar-refractivity contribution < 1.29 is 42.7 Å². The summed E-state index contributed by atoms with van der Waals surface area (Å²) in [5.74, 6) is 0.0458. The lowest BCUT2D eigenvalue weighted by Gasteiger charge is -2.14. The predicted octanol–water partition coefficient (Wildman–Crippen LogP) is 4.83. The number of alkyl carbamates (subject to hydrolysis) is 1. The van der Waals surface area contributed by atoms with Crippen LogP contribution in [0.4, 0.5) is 4.79 Å². The van der Waals surface area contributed by atoms with Crippen LogP contribution < -0.4 is 5.32 Å². The van der Waals surface area contributed by atoms with Gasteiger partial charge >= 0.3 is 6.09 Å². The minimum atomic E-state index is -0.444. The maximum atomic E-state index is 12.2. The highest BCUT2D eigenvalue weighted by molar-refractivity contribution is 5.79. The van der Waals surface area contributed by atoms with Crippen molar-refractivity contribution in [3.05, 3.63) is 59.7 Å². The Labute approximate surface area is 262 Å². The molecule has 1 aliphatic carbocycles. The summed E-state index contributed by atoms with van der Waals surface area (Å²) < 4.78 is 43.9.